The Kier molecular flexibility index (Phi) is 5.41. The maximum Gasteiger partial charge on any atom is 0.252 e. The van der Waals surface area contributed by atoms with Gasteiger partial charge in [-0.1, -0.05) is 39.0 Å². The van der Waals surface area contributed by atoms with E-state index in [1.165, 1.54) is 5.56 Å². The van der Waals surface area contributed by atoms with Crippen molar-refractivity contribution in [2.24, 2.45) is 0 Å². The first kappa shape index (κ1) is 19.6. The summed E-state index contributed by atoms with van der Waals surface area (Å²) in [5.41, 5.74) is 4.66. The van der Waals surface area contributed by atoms with Gasteiger partial charge in [0.1, 0.15) is 0 Å². The van der Waals surface area contributed by atoms with Crippen LogP contribution >= 0.6 is 11.8 Å². The van der Waals surface area contributed by atoms with Crippen molar-refractivity contribution in [1.82, 2.24) is 15.0 Å². The third-order valence-corrected chi connectivity index (χ3v) is 6.26. The summed E-state index contributed by atoms with van der Waals surface area (Å²) in [5.74, 6) is 2.08. The average molecular weight is 404 g/mol. The van der Waals surface area contributed by atoms with Gasteiger partial charge in [0.15, 0.2) is 0 Å². The van der Waals surface area contributed by atoms with Crippen molar-refractivity contribution in [3.05, 3.63) is 82.0 Å². The Bertz CT molecular complexity index is 1230. The van der Waals surface area contributed by atoms with Gasteiger partial charge in [-0.25, -0.2) is 0 Å². The monoisotopic (exact) mass is 403 g/mol. The fourth-order valence-corrected chi connectivity index (χ4v) is 4.51. The molecule has 0 unspecified atom stereocenters. The average Bonchev–Trinajstić information content (AvgIpc) is 2.71. The van der Waals surface area contributed by atoms with Gasteiger partial charge in [0.2, 0.25) is 0 Å². The van der Waals surface area contributed by atoms with E-state index in [0.717, 1.165) is 50.9 Å². The summed E-state index contributed by atoms with van der Waals surface area (Å²) in [6.45, 7) is 6.40. The van der Waals surface area contributed by atoms with Gasteiger partial charge < -0.3 is 4.98 Å². The molecule has 0 saturated carbocycles. The summed E-state index contributed by atoms with van der Waals surface area (Å²) < 4.78 is 0. The molecule has 5 heteroatoms. The molecule has 0 aliphatic rings. The molecular weight excluding hydrogens is 378 g/mol. The van der Waals surface area contributed by atoms with E-state index < -0.39 is 0 Å². The summed E-state index contributed by atoms with van der Waals surface area (Å²) in [4.78, 5) is 24.6. The summed E-state index contributed by atoms with van der Waals surface area (Å²) >= 11 is 1.91. The largest absolute Gasteiger partial charge is 0.320 e. The molecule has 4 rings (SSSR count). The highest BCUT2D eigenvalue weighted by Gasteiger charge is 2.25. The first-order valence-corrected chi connectivity index (χ1v) is 11.1. The molecule has 3 aromatic heterocycles. The smallest absolute Gasteiger partial charge is 0.252 e. The second-order valence-corrected chi connectivity index (χ2v) is 9.28. The van der Waals surface area contributed by atoms with Crippen molar-refractivity contribution < 1.29 is 0 Å². The van der Waals surface area contributed by atoms with E-state index in [4.69, 9.17) is 4.98 Å². The number of fused-ring (bicyclic) bond motifs is 2. The maximum absolute atomic E-state index is 12.7. The second kappa shape index (κ2) is 7.99. The molecule has 0 saturated heterocycles. The molecule has 4 aromatic rings. The van der Waals surface area contributed by atoms with Crippen LogP contribution in [0.15, 0.2) is 59.8 Å². The number of para-hydroxylation sites is 1. The second-order valence-electron chi connectivity index (χ2n) is 8.01. The number of nitrogens with zero attached hydrogens (tertiary/aromatic N) is 2. The normalized spacial score (nSPS) is 12.0. The molecule has 0 aliphatic carbocycles. The van der Waals surface area contributed by atoms with Crippen LogP contribution in [0.1, 0.15) is 37.5 Å². The van der Waals surface area contributed by atoms with Crippen LogP contribution in [0.5, 0.6) is 0 Å². The molecule has 0 radical (unpaired) electrons. The van der Waals surface area contributed by atoms with Gasteiger partial charge in [-0.15, -0.1) is 0 Å². The molecular formula is C24H25N3OS. The topological polar surface area (TPSA) is 58.6 Å². The third-order valence-electron chi connectivity index (χ3n) is 5.34. The van der Waals surface area contributed by atoms with Crippen LogP contribution in [0.25, 0.3) is 21.8 Å². The number of aromatic amines is 1. The SMILES string of the molecule is CCSCc1cccc2cc(CC(C)(C)c3cc4ccncc4[nH]c3=O)cnc12. The summed E-state index contributed by atoms with van der Waals surface area (Å²) in [6.07, 6.45) is 6.14. The van der Waals surface area contributed by atoms with Gasteiger partial charge in [0.05, 0.1) is 17.2 Å². The van der Waals surface area contributed by atoms with Gasteiger partial charge >= 0.3 is 0 Å². The van der Waals surface area contributed by atoms with Crippen molar-refractivity contribution in [3.63, 3.8) is 0 Å². The van der Waals surface area contributed by atoms with Crippen molar-refractivity contribution >= 4 is 33.6 Å². The van der Waals surface area contributed by atoms with E-state index in [1.54, 1.807) is 12.4 Å². The highest BCUT2D eigenvalue weighted by Crippen LogP contribution is 2.29. The van der Waals surface area contributed by atoms with Gasteiger partial charge in [-0.2, -0.15) is 11.8 Å². The lowest BCUT2D eigenvalue weighted by atomic mass is 9.79. The minimum atomic E-state index is -0.323. The van der Waals surface area contributed by atoms with Crippen LogP contribution in [0.4, 0.5) is 0 Å². The van der Waals surface area contributed by atoms with Crippen LogP contribution in [-0.4, -0.2) is 20.7 Å². The number of nitrogens with one attached hydrogen (secondary N) is 1. The zero-order chi connectivity index (χ0) is 20.4. The highest BCUT2D eigenvalue weighted by molar-refractivity contribution is 7.98. The van der Waals surface area contributed by atoms with E-state index in [2.05, 4.69) is 55.0 Å². The standard InChI is InChI=1S/C24H25N3OS/c1-4-29-15-19-7-5-6-18-10-16(13-26-22(18)19)12-24(2,3)20-11-17-8-9-25-14-21(17)27-23(20)28/h5-11,13-14H,4,12,15H2,1-3H3,(H,27,28). The molecule has 0 aliphatic heterocycles. The van der Waals surface area contributed by atoms with Crippen molar-refractivity contribution in [3.8, 4) is 0 Å². The van der Waals surface area contributed by atoms with E-state index in [0.29, 0.717) is 0 Å². The Morgan fingerprint density at radius 1 is 1.10 bits per heavy atom. The van der Waals surface area contributed by atoms with Crippen LogP contribution in [-0.2, 0) is 17.6 Å². The first-order valence-electron chi connectivity index (χ1n) is 9.90. The zero-order valence-corrected chi connectivity index (χ0v) is 17.8. The van der Waals surface area contributed by atoms with E-state index in [9.17, 15) is 4.79 Å². The van der Waals surface area contributed by atoms with Gasteiger partial charge in [-0.3, -0.25) is 14.8 Å². The first-order chi connectivity index (χ1) is 14.0. The number of H-pyrrole nitrogens is 1. The van der Waals surface area contributed by atoms with Gasteiger partial charge in [0, 0.05) is 34.5 Å². The molecule has 0 bridgehead atoms. The number of rotatable bonds is 6. The summed E-state index contributed by atoms with van der Waals surface area (Å²) in [5, 5.41) is 2.16. The Morgan fingerprint density at radius 3 is 2.79 bits per heavy atom. The summed E-state index contributed by atoms with van der Waals surface area (Å²) in [6, 6.07) is 12.5. The molecule has 3 heterocycles. The van der Waals surface area contributed by atoms with Crippen LogP contribution in [0.3, 0.4) is 0 Å². The van der Waals surface area contributed by atoms with Crippen molar-refractivity contribution in [2.75, 3.05) is 5.75 Å². The maximum atomic E-state index is 12.7. The molecule has 29 heavy (non-hydrogen) atoms. The molecule has 1 aromatic carbocycles. The van der Waals surface area contributed by atoms with E-state index in [-0.39, 0.29) is 11.0 Å². The fourth-order valence-electron chi connectivity index (χ4n) is 3.85. The predicted octanol–water partition coefficient (Wildman–Crippen LogP) is 5.24. The van der Waals surface area contributed by atoms with Crippen LogP contribution in [0.2, 0.25) is 0 Å². The molecule has 0 fully saturated rings. The number of hydrogen-bond donors (Lipinski definition) is 1. The number of benzene rings is 1. The highest BCUT2D eigenvalue weighted by atomic mass is 32.2. The molecule has 148 valence electrons. The molecule has 0 atom stereocenters. The third kappa shape index (κ3) is 4.06. The Morgan fingerprint density at radius 2 is 1.97 bits per heavy atom. The zero-order valence-electron chi connectivity index (χ0n) is 17.0. The minimum Gasteiger partial charge on any atom is -0.320 e. The Labute approximate surface area is 174 Å². The summed E-state index contributed by atoms with van der Waals surface area (Å²) in [7, 11) is 0. The van der Waals surface area contributed by atoms with E-state index >= 15 is 0 Å². The quantitative estimate of drug-likeness (QED) is 0.478. The van der Waals surface area contributed by atoms with Crippen molar-refractivity contribution in [1.29, 1.82) is 0 Å². The number of thioether (sulfide) groups is 1. The molecule has 4 nitrogen and oxygen atoms in total. The Balaban J connectivity index is 1.68. The molecule has 0 spiro atoms. The fraction of sp³-hybridized carbons (Fsp3) is 0.292. The lowest BCUT2D eigenvalue weighted by Crippen LogP contribution is -2.29. The number of hydrogen-bond acceptors (Lipinski definition) is 4. The number of aromatic nitrogens is 3. The molecule has 1 N–H and O–H groups in total. The lowest BCUT2D eigenvalue weighted by molar-refractivity contribution is 0.516. The predicted molar refractivity (Wildman–Crippen MR) is 123 cm³/mol. The molecule has 0 amide bonds. The minimum absolute atomic E-state index is 0.0527. The van der Waals surface area contributed by atoms with Crippen molar-refractivity contribution in [2.45, 2.75) is 38.4 Å². The van der Waals surface area contributed by atoms with Gasteiger partial charge in [0.25, 0.3) is 5.56 Å². The Hall–Kier alpha value is -2.66. The van der Waals surface area contributed by atoms with Crippen LogP contribution in [0, 0.1) is 0 Å². The van der Waals surface area contributed by atoms with Crippen LogP contribution < -0.4 is 5.56 Å². The number of pyridine rings is 3. The lowest BCUT2D eigenvalue weighted by Gasteiger charge is -2.25. The van der Waals surface area contributed by atoms with Gasteiger partial charge in [-0.05, 0) is 46.9 Å². The van der Waals surface area contributed by atoms with E-state index in [1.807, 2.05) is 30.1 Å².